The topological polar surface area (TPSA) is 20.2 Å². The van der Waals surface area contributed by atoms with Crippen LogP contribution in [0.15, 0.2) is 46.9 Å². The Morgan fingerprint density at radius 1 is 1.06 bits per heavy atom. The predicted octanol–water partition coefficient (Wildman–Crippen LogP) is 3.65. The van der Waals surface area contributed by atoms with E-state index in [4.69, 9.17) is 5.11 Å². The first kappa shape index (κ1) is 12.9. The minimum Gasteiger partial charge on any atom is -0.392 e. The normalized spacial score (nSPS) is 9.72. The Morgan fingerprint density at radius 2 is 1.78 bits per heavy atom. The summed E-state index contributed by atoms with van der Waals surface area (Å²) in [5.41, 5.74) is 4.03. The van der Waals surface area contributed by atoms with Crippen LogP contribution in [-0.4, -0.2) is 5.11 Å². The highest BCUT2D eigenvalue weighted by atomic mass is 79.9. The van der Waals surface area contributed by atoms with Crippen molar-refractivity contribution in [3.8, 4) is 11.8 Å². The highest BCUT2D eigenvalue weighted by Gasteiger charge is 1.98. The molecule has 0 aliphatic rings. The summed E-state index contributed by atoms with van der Waals surface area (Å²) in [5.74, 6) is 6.25. The van der Waals surface area contributed by atoms with Crippen molar-refractivity contribution in [2.45, 2.75) is 13.5 Å². The first-order valence-electron chi connectivity index (χ1n) is 5.67. The van der Waals surface area contributed by atoms with Gasteiger partial charge in [-0.2, -0.15) is 0 Å². The Morgan fingerprint density at radius 3 is 2.39 bits per heavy atom. The van der Waals surface area contributed by atoms with Crippen molar-refractivity contribution in [1.29, 1.82) is 0 Å². The number of aryl methyl sites for hydroxylation is 1. The third kappa shape index (κ3) is 3.22. The molecule has 0 heterocycles. The summed E-state index contributed by atoms with van der Waals surface area (Å²) in [6.07, 6.45) is 0. The fraction of sp³-hybridized carbons (Fsp3) is 0.125. The van der Waals surface area contributed by atoms with Crippen LogP contribution in [0, 0.1) is 18.8 Å². The SMILES string of the molecule is Cc1ccc(C#Cc2ccc(CO)cc2Br)cc1. The van der Waals surface area contributed by atoms with E-state index in [0.29, 0.717) is 0 Å². The van der Waals surface area contributed by atoms with Crippen molar-refractivity contribution in [2.24, 2.45) is 0 Å². The lowest BCUT2D eigenvalue weighted by atomic mass is 10.1. The van der Waals surface area contributed by atoms with Crippen molar-refractivity contribution >= 4 is 15.9 Å². The van der Waals surface area contributed by atoms with Crippen LogP contribution < -0.4 is 0 Å². The van der Waals surface area contributed by atoms with Gasteiger partial charge in [-0.3, -0.25) is 0 Å². The Balaban J connectivity index is 2.27. The summed E-state index contributed by atoms with van der Waals surface area (Å²) in [6.45, 7) is 2.10. The Labute approximate surface area is 116 Å². The molecule has 90 valence electrons. The largest absolute Gasteiger partial charge is 0.392 e. The Bertz CT molecular complexity index is 603. The van der Waals surface area contributed by atoms with Crippen molar-refractivity contribution < 1.29 is 5.11 Å². The zero-order valence-corrected chi connectivity index (χ0v) is 11.7. The number of hydrogen-bond donors (Lipinski definition) is 1. The van der Waals surface area contributed by atoms with Gasteiger partial charge in [-0.1, -0.05) is 35.6 Å². The molecule has 0 atom stereocenters. The van der Waals surface area contributed by atoms with E-state index in [-0.39, 0.29) is 6.61 Å². The van der Waals surface area contributed by atoms with Crippen molar-refractivity contribution in [3.05, 3.63) is 69.2 Å². The van der Waals surface area contributed by atoms with Gasteiger partial charge < -0.3 is 5.11 Å². The van der Waals surface area contributed by atoms with Gasteiger partial charge in [0, 0.05) is 15.6 Å². The van der Waals surface area contributed by atoms with Gasteiger partial charge in [0.2, 0.25) is 0 Å². The van der Waals surface area contributed by atoms with Gasteiger partial charge >= 0.3 is 0 Å². The maximum atomic E-state index is 9.03. The number of aliphatic hydroxyl groups is 1. The van der Waals surface area contributed by atoms with Gasteiger partial charge in [0.25, 0.3) is 0 Å². The molecule has 1 N–H and O–H groups in total. The molecule has 0 fully saturated rings. The molecule has 0 saturated heterocycles. The van der Waals surface area contributed by atoms with Crippen molar-refractivity contribution in [2.75, 3.05) is 0 Å². The number of benzene rings is 2. The quantitative estimate of drug-likeness (QED) is 0.797. The fourth-order valence-corrected chi connectivity index (χ4v) is 2.06. The molecular weight excluding hydrogens is 288 g/mol. The van der Waals surface area contributed by atoms with Gasteiger partial charge in [0.15, 0.2) is 0 Å². The van der Waals surface area contributed by atoms with Crippen LogP contribution in [0.4, 0.5) is 0 Å². The molecule has 0 aromatic heterocycles. The highest BCUT2D eigenvalue weighted by Crippen LogP contribution is 2.18. The summed E-state index contributed by atoms with van der Waals surface area (Å²) >= 11 is 3.46. The summed E-state index contributed by atoms with van der Waals surface area (Å²) in [5, 5.41) is 9.03. The third-order valence-electron chi connectivity index (χ3n) is 2.61. The highest BCUT2D eigenvalue weighted by molar-refractivity contribution is 9.10. The third-order valence-corrected chi connectivity index (χ3v) is 3.27. The molecule has 2 aromatic carbocycles. The monoisotopic (exact) mass is 300 g/mol. The molecule has 1 nitrogen and oxygen atoms in total. The van der Waals surface area contributed by atoms with E-state index in [2.05, 4.69) is 34.7 Å². The molecule has 0 bridgehead atoms. The summed E-state index contributed by atoms with van der Waals surface area (Å²) in [6, 6.07) is 13.8. The minimum atomic E-state index is 0.0459. The smallest absolute Gasteiger partial charge is 0.0682 e. The molecule has 0 unspecified atom stereocenters. The molecule has 18 heavy (non-hydrogen) atoms. The fourth-order valence-electron chi connectivity index (χ4n) is 1.53. The summed E-state index contributed by atoms with van der Waals surface area (Å²) < 4.78 is 0.911. The number of hydrogen-bond acceptors (Lipinski definition) is 1. The lowest BCUT2D eigenvalue weighted by Crippen LogP contribution is -1.85. The van der Waals surface area contributed by atoms with Crippen LogP contribution in [-0.2, 0) is 6.61 Å². The summed E-state index contributed by atoms with van der Waals surface area (Å²) in [4.78, 5) is 0. The first-order valence-corrected chi connectivity index (χ1v) is 6.46. The van der Waals surface area contributed by atoms with Gasteiger partial charge in [-0.15, -0.1) is 0 Å². The Kier molecular flexibility index (Phi) is 4.19. The minimum absolute atomic E-state index is 0.0459. The molecular formula is C16H13BrO. The van der Waals surface area contributed by atoms with Crippen LogP contribution in [0.3, 0.4) is 0 Å². The zero-order chi connectivity index (χ0) is 13.0. The Hall–Kier alpha value is -1.56. The van der Waals surface area contributed by atoms with E-state index in [1.54, 1.807) is 0 Å². The summed E-state index contributed by atoms with van der Waals surface area (Å²) in [7, 11) is 0. The second-order valence-electron chi connectivity index (χ2n) is 4.09. The zero-order valence-electron chi connectivity index (χ0n) is 10.1. The second kappa shape index (κ2) is 5.86. The lowest BCUT2D eigenvalue weighted by Gasteiger charge is -1.99. The van der Waals surface area contributed by atoms with Gasteiger partial charge in [0.1, 0.15) is 0 Å². The van der Waals surface area contributed by atoms with E-state index in [0.717, 1.165) is 21.2 Å². The number of halogens is 1. The van der Waals surface area contributed by atoms with Crippen LogP contribution in [0.25, 0.3) is 0 Å². The molecule has 0 amide bonds. The van der Waals surface area contributed by atoms with E-state index in [1.807, 2.05) is 42.5 Å². The van der Waals surface area contributed by atoms with Crippen LogP contribution in [0.2, 0.25) is 0 Å². The molecule has 0 radical (unpaired) electrons. The maximum Gasteiger partial charge on any atom is 0.0682 e. The molecule has 2 heteroatoms. The molecule has 0 aliphatic heterocycles. The molecule has 0 saturated carbocycles. The predicted molar refractivity (Wildman–Crippen MR) is 77.2 cm³/mol. The van der Waals surface area contributed by atoms with Crippen molar-refractivity contribution in [1.82, 2.24) is 0 Å². The molecule has 2 rings (SSSR count). The molecule has 0 aliphatic carbocycles. The number of aliphatic hydroxyl groups excluding tert-OH is 1. The van der Waals surface area contributed by atoms with Crippen LogP contribution >= 0.6 is 15.9 Å². The second-order valence-corrected chi connectivity index (χ2v) is 4.94. The van der Waals surface area contributed by atoms with Crippen LogP contribution in [0.5, 0.6) is 0 Å². The van der Waals surface area contributed by atoms with Gasteiger partial charge in [0.05, 0.1) is 6.61 Å². The first-order chi connectivity index (χ1) is 8.69. The van der Waals surface area contributed by atoms with E-state index >= 15 is 0 Å². The molecule has 0 spiro atoms. The maximum absolute atomic E-state index is 9.03. The van der Waals surface area contributed by atoms with Crippen molar-refractivity contribution in [3.63, 3.8) is 0 Å². The van der Waals surface area contributed by atoms with Gasteiger partial charge in [-0.05, 0) is 52.7 Å². The van der Waals surface area contributed by atoms with E-state index in [9.17, 15) is 0 Å². The van der Waals surface area contributed by atoms with E-state index in [1.165, 1.54) is 5.56 Å². The molecule has 2 aromatic rings. The van der Waals surface area contributed by atoms with E-state index < -0.39 is 0 Å². The lowest BCUT2D eigenvalue weighted by molar-refractivity contribution is 0.282. The van der Waals surface area contributed by atoms with Crippen LogP contribution in [0.1, 0.15) is 22.3 Å². The average molecular weight is 301 g/mol. The number of rotatable bonds is 1. The standard InChI is InChI=1S/C16H13BrO/c1-12-2-4-13(5-3-12)6-8-15-9-7-14(11-18)10-16(15)17/h2-5,7,9-10,18H,11H2,1H3. The van der Waals surface area contributed by atoms with Gasteiger partial charge in [-0.25, -0.2) is 0 Å². The average Bonchev–Trinajstić information content (AvgIpc) is 2.39.